The van der Waals surface area contributed by atoms with Gasteiger partial charge in [-0.15, -0.1) is 0 Å². The Hall–Kier alpha value is -3.68. The van der Waals surface area contributed by atoms with Gasteiger partial charge in [-0.3, -0.25) is 19.3 Å². The number of hydrogen-bond acceptors (Lipinski definition) is 7. The zero-order valence-electron chi connectivity index (χ0n) is 19.1. The van der Waals surface area contributed by atoms with Crippen molar-refractivity contribution in [3.63, 3.8) is 0 Å². The number of ether oxygens (including phenoxy) is 2. The van der Waals surface area contributed by atoms with E-state index in [4.69, 9.17) is 14.3 Å². The van der Waals surface area contributed by atoms with Gasteiger partial charge in [0.1, 0.15) is 17.6 Å². The van der Waals surface area contributed by atoms with E-state index in [1.165, 1.54) is 11.8 Å². The summed E-state index contributed by atoms with van der Waals surface area (Å²) in [5.74, 6) is -0.109. The van der Waals surface area contributed by atoms with Gasteiger partial charge in [0.15, 0.2) is 5.78 Å². The first-order valence-corrected chi connectivity index (χ1v) is 11.4. The van der Waals surface area contributed by atoms with E-state index >= 15 is 0 Å². The van der Waals surface area contributed by atoms with Crippen LogP contribution in [0.4, 0.5) is 5.69 Å². The molecule has 0 aromatic heterocycles. The van der Waals surface area contributed by atoms with Gasteiger partial charge in [-0.2, -0.15) is 0 Å². The van der Waals surface area contributed by atoms with Gasteiger partial charge in [-0.1, -0.05) is 5.16 Å². The molecule has 0 spiro atoms. The summed E-state index contributed by atoms with van der Waals surface area (Å²) in [7, 11) is 3.19. The Balaban J connectivity index is 1.32. The second-order valence-electron chi connectivity index (χ2n) is 9.37. The predicted molar refractivity (Wildman–Crippen MR) is 122 cm³/mol. The molecular weight excluding hydrogens is 436 g/mol. The summed E-state index contributed by atoms with van der Waals surface area (Å²) in [5, 5.41) is 4.40. The summed E-state index contributed by atoms with van der Waals surface area (Å²) in [6.45, 7) is 1.49. The number of carbonyl (C=O) groups excluding carboxylic acids is 3. The number of amides is 2. The zero-order valence-corrected chi connectivity index (χ0v) is 19.1. The van der Waals surface area contributed by atoms with E-state index in [2.05, 4.69) is 5.16 Å². The number of nitrogens with zero attached hydrogens (tertiary/aromatic N) is 2. The third-order valence-electron chi connectivity index (χ3n) is 7.91. The van der Waals surface area contributed by atoms with Crippen LogP contribution in [-0.4, -0.2) is 43.6 Å². The molecule has 3 fully saturated rings. The lowest BCUT2D eigenvalue weighted by molar-refractivity contribution is -0.125. The fraction of sp³-hybridized carbons (Fsp3) is 0.385. The predicted octanol–water partition coefficient (Wildman–Crippen LogP) is 3.08. The molecule has 34 heavy (non-hydrogen) atoms. The minimum absolute atomic E-state index is 0.0361. The van der Waals surface area contributed by atoms with Gasteiger partial charge in [0.2, 0.25) is 11.8 Å². The molecule has 2 aromatic rings. The first-order chi connectivity index (χ1) is 16.4. The SMILES string of the molecule is COc1ccc(C2=NO[C@@H]3[C@H]4C[C@@H]([C@@H]23)[C@H]2C(=O)N(c3ccc(C(C)=O)cc3)C(=O)[C@@H]42)c(OC)c1. The van der Waals surface area contributed by atoms with Gasteiger partial charge in [-0.05, 0) is 55.7 Å². The highest BCUT2D eigenvalue weighted by Crippen LogP contribution is 2.62. The zero-order chi connectivity index (χ0) is 23.7. The molecule has 2 saturated carbocycles. The van der Waals surface area contributed by atoms with Crippen LogP contribution in [0.2, 0.25) is 0 Å². The normalized spacial score (nSPS) is 30.7. The van der Waals surface area contributed by atoms with Crippen molar-refractivity contribution < 1.29 is 28.7 Å². The maximum absolute atomic E-state index is 13.6. The van der Waals surface area contributed by atoms with Crippen LogP contribution < -0.4 is 14.4 Å². The third-order valence-corrected chi connectivity index (χ3v) is 7.91. The number of rotatable bonds is 5. The summed E-state index contributed by atoms with van der Waals surface area (Å²) < 4.78 is 10.9. The molecule has 174 valence electrons. The molecule has 4 aliphatic rings. The van der Waals surface area contributed by atoms with E-state index < -0.39 is 11.8 Å². The number of benzene rings is 2. The van der Waals surface area contributed by atoms with Crippen molar-refractivity contribution in [1.29, 1.82) is 0 Å². The lowest BCUT2D eigenvalue weighted by Gasteiger charge is -2.30. The highest BCUT2D eigenvalue weighted by atomic mass is 16.6. The Bertz CT molecular complexity index is 1250. The molecule has 2 aliphatic carbocycles. The monoisotopic (exact) mass is 460 g/mol. The van der Waals surface area contributed by atoms with E-state index in [9.17, 15) is 14.4 Å². The average Bonchev–Trinajstić information content (AvgIpc) is 3.59. The summed E-state index contributed by atoms with van der Waals surface area (Å²) in [6, 6.07) is 12.2. The highest BCUT2D eigenvalue weighted by Gasteiger charge is 2.70. The van der Waals surface area contributed by atoms with Crippen LogP contribution in [0.3, 0.4) is 0 Å². The topological polar surface area (TPSA) is 94.5 Å². The standard InChI is InChI=1S/C26H24N2O6/c1-12(29)13-4-6-14(7-5-13)28-25(30)20-17-11-18(21(20)26(28)31)24-22(17)23(27-34-24)16-9-8-15(32-2)10-19(16)33-3/h4-10,17-18,20-22,24H,11H2,1-3H3/t17-,18+,20-,21+,22+,24-/m1/s1. The first kappa shape index (κ1) is 20.9. The maximum atomic E-state index is 13.6. The Morgan fingerprint density at radius 3 is 2.32 bits per heavy atom. The van der Waals surface area contributed by atoms with Crippen molar-refractivity contribution in [2.45, 2.75) is 19.4 Å². The number of oxime groups is 1. The van der Waals surface area contributed by atoms with Crippen molar-refractivity contribution >= 4 is 29.0 Å². The molecule has 2 aromatic carbocycles. The number of imide groups is 1. The molecular formula is C26H24N2O6. The second-order valence-corrected chi connectivity index (χ2v) is 9.37. The molecule has 0 N–H and O–H groups in total. The summed E-state index contributed by atoms with van der Waals surface area (Å²) in [5.41, 5.74) is 2.62. The molecule has 8 nitrogen and oxygen atoms in total. The number of methoxy groups -OCH3 is 2. The van der Waals surface area contributed by atoms with Crippen LogP contribution >= 0.6 is 0 Å². The summed E-state index contributed by atoms with van der Waals surface area (Å²) in [4.78, 5) is 45.8. The van der Waals surface area contributed by atoms with E-state index in [1.807, 2.05) is 12.1 Å². The minimum atomic E-state index is -0.404. The van der Waals surface area contributed by atoms with Crippen LogP contribution in [0.25, 0.3) is 0 Å². The third kappa shape index (κ3) is 2.71. The number of hydrogen-bond donors (Lipinski definition) is 0. The van der Waals surface area contributed by atoms with E-state index in [1.54, 1.807) is 44.6 Å². The number of anilines is 1. The second kappa shape index (κ2) is 7.41. The van der Waals surface area contributed by atoms with Crippen LogP contribution in [0, 0.1) is 29.6 Å². The van der Waals surface area contributed by atoms with Crippen LogP contribution in [0.5, 0.6) is 11.5 Å². The van der Waals surface area contributed by atoms with Crippen molar-refractivity contribution in [3.05, 3.63) is 53.6 Å². The van der Waals surface area contributed by atoms with Gasteiger partial charge >= 0.3 is 0 Å². The fourth-order valence-electron chi connectivity index (χ4n) is 6.46. The van der Waals surface area contributed by atoms with Crippen molar-refractivity contribution in [2.24, 2.45) is 34.7 Å². The molecule has 2 amide bonds. The Kier molecular flexibility index (Phi) is 4.56. The van der Waals surface area contributed by atoms with Crippen LogP contribution in [-0.2, 0) is 14.4 Å². The summed E-state index contributed by atoms with van der Waals surface area (Å²) in [6.07, 6.45) is 0.529. The van der Waals surface area contributed by atoms with Crippen LogP contribution in [0.15, 0.2) is 47.6 Å². The smallest absolute Gasteiger partial charge is 0.238 e. The van der Waals surface area contributed by atoms with Crippen molar-refractivity contribution in [1.82, 2.24) is 0 Å². The van der Waals surface area contributed by atoms with Gasteiger partial charge in [0.05, 0.1) is 37.5 Å². The molecule has 6 rings (SSSR count). The van der Waals surface area contributed by atoms with E-state index in [0.717, 1.165) is 17.7 Å². The lowest BCUT2D eigenvalue weighted by atomic mass is 9.71. The number of carbonyl (C=O) groups is 3. The molecule has 0 radical (unpaired) electrons. The van der Waals surface area contributed by atoms with Crippen LogP contribution in [0.1, 0.15) is 29.3 Å². The molecule has 8 heteroatoms. The molecule has 6 atom stereocenters. The van der Waals surface area contributed by atoms with Gasteiger partial charge in [0.25, 0.3) is 0 Å². The first-order valence-electron chi connectivity index (χ1n) is 11.4. The van der Waals surface area contributed by atoms with Crippen molar-refractivity contribution in [2.75, 3.05) is 19.1 Å². The van der Waals surface area contributed by atoms with Gasteiger partial charge < -0.3 is 14.3 Å². The van der Waals surface area contributed by atoms with E-state index in [0.29, 0.717) is 22.7 Å². The maximum Gasteiger partial charge on any atom is 0.238 e. The number of ketones is 1. The van der Waals surface area contributed by atoms with Gasteiger partial charge in [0, 0.05) is 29.0 Å². The fourth-order valence-corrected chi connectivity index (χ4v) is 6.46. The largest absolute Gasteiger partial charge is 0.497 e. The highest BCUT2D eigenvalue weighted by molar-refractivity contribution is 6.23. The Morgan fingerprint density at radius 2 is 1.68 bits per heavy atom. The number of Topliss-reactive ketones (excluding diaryl/α,β-unsaturated/α-hetero) is 1. The lowest BCUT2D eigenvalue weighted by Crippen LogP contribution is -2.41. The average molecular weight is 460 g/mol. The molecule has 2 bridgehead atoms. The number of fused-ring (bicyclic) bond motifs is 8. The van der Waals surface area contributed by atoms with Crippen molar-refractivity contribution in [3.8, 4) is 11.5 Å². The molecule has 2 aliphatic heterocycles. The molecule has 2 heterocycles. The molecule has 0 unspecified atom stereocenters. The Labute approximate surface area is 196 Å². The van der Waals surface area contributed by atoms with Gasteiger partial charge in [-0.25, -0.2) is 0 Å². The molecule has 1 saturated heterocycles. The Morgan fingerprint density at radius 1 is 0.971 bits per heavy atom. The van der Waals surface area contributed by atoms with E-state index in [-0.39, 0.29) is 41.5 Å². The minimum Gasteiger partial charge on any atom is -0.497 e. The summed E-state index contributed by atoms with van der Waals surface area (Å²) >= 11 is 0. The quantitative estimate of drug-likeness (QED) is 0.503.